The topological polar surface area (TPSA) is 105 Å². The zero-order valence-corrected chi connectivity index (χ0v) is 74.9. The predicted molar refractivity (Wildman–Crippen MR) is 565 cm³/mol. The molecule has 20 aromatic carbocycles. The maximum absolute atomic E-state index is 6.16. The molecule has 0 N–H and O–H groups in total. The molecule has 25 aromatic rings. The standard InChI is InChI=1S/C52H34N4.C41H30N2.C33H22N4O/c1-3-15-35(16-4-1)36-27-29-37(30-28-36)46-34-47(54-52(53-46)38-17-5-2-6-18-38)39-31-40(55-48-23-11-7-19-42(48)43-20-8-12-24-49(43)55)33-41(32-39)56-50-25-13-9-21-44(50)45-22-10-14-26-51(45)56;1-2-39-42-37-18-10-11-19-38(37)43(39)32-26-24-31(25-27-32)41-35-16-8-6-14-33(35)40(34-15-7-9-17-36(34)41)30-22-20-29(21-23-30)28-12-4-3-5-13-28;1-3-11-23(12-4-1)31-34-32(24-13-5-2-6-14-24)36-33(35-31)25-19-21-26(22-20-25)37-27-15-7-9-17-29(27)38-30-18-10-8-16-28(30)37/h1-34H;3-27H,2H2,1H3;1-22H. The first-order valence-electron chi connectivity index (χ1n) is 46.4. The van der Waals surface area contributed by atoms with Crippen molar-refractivity contribution in [3.05, 3.63) is 497 Å². The van der Waals surface area contributed by atoms with Gasteiger partial charge in [0.2, 0.25) is 0 Å². The molecule has 5 aromatic heterocycles. The highest BCUT2D eigenvalue weighted by atomic mass is 16.5. The fourth-order valence-electron chi connectivity index (χ4n) is 19.6. The molecule has 0 bridgehead atoms. The van der Waals surface area contributed by atoms with Crippen LogP contribution in [0.2, 0.25) is 0 Å². The Morgan fingerprint density at radius 3 is 0.898 bits per heavy atom. The van der Waals surface area contributed by atoms with Crippen molar-refractivity contribution in [2.24, 2.45) is 0 Å². The molecule has 646 valence electrons. The van der Waals surface area contributed by atoms with Gasteiger partial charge in [0.05, 0.1) is 55.9 Å². The Balaban J connectivity index is 0.000000115. The number of nitrogens with zero attached hydrogens (tertiary/aromatic N) is 10. The van der Waals surface area contributed by atoms with Gasteiger partial charge in [-0.1, -0.05) is 377 Å². The van der Waals surface area contributed by atoms with E-state index < -0.39 is 0 Å². The molecule has 1 aliphatic rings. The van der Waals surface area contributed by atoms with E-state index in [0.29, 0.717) is 23.3 Å². The van der Waals surface area contributed by atoms with Crippen LogP contribution in [0.25, 0.3) is 206 Å². The first-order chi connectivity index (χ1) is 67.9. The minimum atomic E-state index is 0.632. The number of imidazole rings is 1. The second-order valence-electron chi connectivity index (χ2n) is 34.2. The first kappa shape index (κ1) is 81.9. The molecule has 0 amide bonds. The lowest BCUT2D eigenvalue weighted by Gasteiger charge is -2.32. The largest absolute Gasteiger partial charge is 0.453 e. The summed E-state index contributed by atoms with van der Waals surface area (Å²) in [6.07, 6.45) is 0.875. The number of benzene rings is 20. The van der Waals surface area contributed by atoms with E-state index in [1.807, 2.05) is 121 Å². The lowest BCUT2D eigenvalue weighted by molar-refractivity contribution is 0.477. The van der Waals surface area contributed by atoms with Gasteiger partial charge in [0.1, 0.15) is 5.82 Å². The van der Waals surface area contributed by atoms with Crippen molar-refractivity contribution in [1.29, 1.82) is 0 Å². The summed E-state index contributed by atoms with van der Waals surface area (Å²) in [5.41, 5.74) is 30.4. The molecule has 0 atom stereocenters. The van der Waals surface area contributed by atoms with Gasteiger partial charge in [0.25, 0.3) is 0 Å². The van der Waals surface area contributed by atoms with Crippen LogP contribution in [-0.4, -0.2) is 43.6 Å². The highest BCUT2D eigenvalue weighted by Gasteiger charge is 2.28. The third-order valence-corrected chi connectivity index (χ3v) is 26.0. The van der Waals surface area contributed by atoms with E-state index in [4.69, 9.17) is 34.6 Å². The maximum Gasteiger partial charge on any atom is 0.164 e. The summed E-state index contributed by atoms with van der Waals surface area (Å²) in [5.74, 6) is 5.34. The van der Waals surface area contributed by atoms with Gasteiger partial charge in [-0.3, -0.25) is 4.57 Å². The third-order valence-electron chi connectivity index (χ3n) is 26.0. The molecular weight excluding hydrogens is 1670 g/mol. The number of rotatable bonds is 15. The average Bonchev–Trinajstić information content (AvgIpc) is 1.73. The molecule has 0 saturated carbocycles. The van der Waals surface area contributed by atoms with Gasteiger partial charge in [-0.05, 0) is 187 Å². The van der Waals surface area contributed by atoms with Gasteiger partial charge >= 0.3 is 0 Å². The normalized spacial score (nSPS) is 11.6. The van der Waals surface area contributed by atoms with E-state index in [0.717, 1.165) is 136 Å². The van der Waals surface area contributed by atoms with Gasteiger partial charge in [-0.2, -0.15) is 0 Å². The number of hydrogen-bond donors (Lipinski definition) is 0. The van der Waals surface area contributed by atoms with Crippen molar-refractivity contribution in [3.63, 3.8) is 0 Å². The Hall–Kier alpha value is -18.3. The fourth-order valence-corrected chi connectivity index (χ4v) is 19.6. The van der Waals surface area contributed by atoms with E-state index in [1.165, 1.54) is 87.6 Å². The smallest absolute Gasteiger partial charge is 0.164 e. The van der Waals surface area contributed by atoms with E-state index in [9.17, 15) is 0 Å². The lowest BCUT2D eigenvalue weighted by Crippen LogP contribution is -2.15. The lowest BCUT2D eigenvalue weighted by atomic mass is 9.85. The predicted octanol–water partition coefficient (Wildman–Crippen LogP) is 32.7. The summed E-state index contributed by atoms with van der Waals surface area (Å²) in [4.78, 5) is 32.1. The quantitative estimate of drug-likeness (QED) is 0.0935. The van der Waals surface area contributed by atoms with Gasteiger partial charge in [0, 0.05) is 84.1 Å². The Morgan fingerprint density at radius 2 is 0.489 bits per heavy atom. The summed E-state index contributed by atoms with van der Waals surface area (Å²) in [6.45, 7) is 2.17. The number of fused-ring (bicyclic) bond motifs is 11. The van der Waals surface area contributed by atoms with Gasteiger partial charge in [-0.15, -0.1) is 0 Å². The van der Waals surface area contributed by atoms with Crippen LogP contribution >= 0.6 is 0 Å². The minimum Gasteiger partial charge on any atom is -0.453 e. The molecule has 137 heavy (non-hydrogen) atoms. The Morgan fingerprint density at radius 1 is 0.197 bits per heavy atom. The number of aromatic nitrogens is 9. The summed E-state index contributed by atoms with van der Waals surface area (Å²) in [7, 11) is 0. The number of ether oxygens (including phenoxy) is 1. The first-order valence-corrected chi connectivity index (χ1v) is 46.4. The van der Waals surface area contributed by atoms with Crippen molar-refractivity contribution in [2.45, 2.75) is 13.3 Å². The van der Waals surface area contributed by atoms with Gasteiger partial charge < -0.3 is 18.8 Å². The van der Waals surface area contributed by atoms with Gasteiger partial charge in [-0.25, -0.2) is 29.9 Å². The number of hydrogen-bond acceptors (Lipinski definition) is 8. The van der Waals surface area contributed by atoms with Crippen LogP contribution in [0, 0.1) is 0 Å². The highest BCUT2D eigenvalue weighted by molar-refractivity contribution is 6.22. The zero-order valence-electron chi connectivity index (χ0n) is 74.9. The van der Waals surface area contributed by atoms with Crippen molar-refractivity contribution in [2.75, 3.05) is 4.90 Å². The highest BCUT2D eigenvalue weighted by Crippen LogP contribution is 2.52. The van der Waals surface area contributed by atoms with Crippen molar-refractivity contribution >= 4 is 93.3 Å². The summed E-state index contributed by atoms with van der Waals surface area (Å²) in [5, 5.41) is 9.95. The molecule has 0 saturated heterocycles. The molecule has 0 spiro atoms. The average molecular weight is 1760 g/mol. The SMILES string of the molecule is CCc1nc2ccccc2n1-c1ccc(-c2c3ccccc3c(-c3ccc(-c4ccccc4)cc3)c3ccccc23)cc1.c1ccc(-c2ccc(-c3cc(-c4cc(-n5c6ccccc6c6ccccc65)cc(-n5c6ccccc6c6ccccc65)c4)nc(-c4ccccc4)n3)cc2)cc1.c1ccc(-c2nc(-c3ccccc3)nc(-c3ccc(N4c5ccccc5Oc5ccccc54)cc3)n2)cc1. The van der Waals surface area contributed by atoms with E-state index in [2.05, 4.69) is 396 Å². The zero-order chi connectivity index (χ0) is 91.1. The molecule has 1 aliphatic heterocycles. The molecule has 0 unspecified atom stereocenters. The number of para-hydroxylation sites is 10. The van der Waals surface area contributed by atoms with Crippen LogP contribution in [0.5, 0.6) is 11.5 Å². The molecule has 6 heterocycles. The Kier molecular flexibility index (Phi) is 21.4. The van der Waals surface area contributed by atoms with Crippen LogP contribution in [0.15, 0.2) is 491 Å². The molecule has 0 aliphatic carbocycles. The molecule has 0 radical (unpaired) electrons. The van der Waals surface area contributed by atoms with Crippen LogP contribution in [0.4, 0.5) is 17.1 Å². The van der Waals surface area contributed by atoms with E-state index in [-0.39, 0.29) is 0 Å². The molecule has 11 heteroatoms. The summed E-state index contributed by atoms with van der Waals surface area (Å²) < 4.78 is 13.2. The number of anilines is 3. The Labute approximate surface area is 792 Å². The van der Waals surface area contributed by atoms with Crippen LogP contribution in [0.1, 0.15) is 12.7 Å². The maximum atomic E-state index is 6.16. The fraction of sp³-hybridized carbons (Fsp3) is 0.0159. The Bertz CT molecular complexity index is 8410. The van der Waals surface area contributed by atoms with Crippen LogP contribution in [-0.2, 0) is 6.42 Å². The second kappa shape index (κ2) is 35.8. The molecule has 0 fully saturated rings. The summed E-state index contributed by atoms with van der Waals surface area (Å²) >= 11 is 0. The van der Waals surface area contributed by atoms with E-state index >= 15 is 0 Å². The molecule has 11 nitrogen and oxygen atoms in total. The van der Waals surface area contributed by atoms with Crippen molar-refractivity contribution in [3.8, 4) is 141 Å². The van der Waals surface area contributed by atoms with Crippen molar-refractivity contribution < 1.29 is 4.74 Å². The minimum absolute atomic E-state index is 0.632. The number of aryl methyl sites for hydroxylation is 1. The monoisotopic (exact) mass is 1750 g/mol. The third kappa shape index (κ3) is 15.5. The molecular formula is C126H86N10O. The second-order valence-corrected chi connectivity index (χ2v) is 34.2. The van der Waals surface area contributed by atoms with Crippen LogP contribution < -0.4 is 9.64 Å². The molecule has 26 rings (SSSR count). The van der Waals surface area contributed by atoms with Gasteiger partial charge in [0.15, 0.2) is 34.8 Å². The van der Waals surface area contributed by atoms with Crippen LogP contribution in [0.3, 0.4) is 0 Å². The van der Waals surface area contributed by atoms with E-state index in [1.54, 1.807) is 0 Å². The van der Waals surface area contributed by atoms with Crippen molar-refractivity contribution in [1.82, 2.24) is 43.6 Å². The summed E-state index contributed by atoms with van der Waals surface area (Å²) in [6, 6.07) is 172.